The monoisotopic (exact) mass is 432 g/mol. The van der Waals surface area contributed by atoms with Crippen molar-refractivity contribution in [2.45, 2.75) is 26.3 Å². The van der Waals surface area contributed by atoms with E-state index in [0.29, 0.717) is 18.1 Å². The van der Waals surface area contributed by atoms with Gasteiger partial charge in [0.15, 0.2) is 0 Å². The Morgan fingerprint density at radius 2 is 2.04 bits per heavy atom. The molecule has 0 saturated heterocycles. The molecule has 1 heterocycles. The molecule has 0 bridgehead atoms. The van der Waals surface area contributed by atoms with Gasteiger partial charge in [-0.2, -0.15) is 26.0 Å². The molecule has 0 atom stereocenters. The van der Waals surface area contributed by atoms with Gasteiger partial charge < -0.3 is 4.90 Å². The van der Waals surface area contributed by atoms with Gasteiger partial charge >= 0.3 is 15.5 Å². The summed E-state index contributed by atoms with van der Waals surface area (Å²) < 4.78 is 66.9. The minimum atomic E-state index is -5.65. The molecule has 8 nitrogen and oxygen atoms in total. The summed E-state index contributed by atoms with van der Waals surface area (Å²) in [5, 5.41) is 7.78. The molecule has 13 heteroatoms. The number of sulfonamides is 1. The molecule has 150 valence electrons. The maximum absolute atomic E-state index is 12.8. The van der Waals surface area contributed by atoms with Gasteiger partial charge in [-0.3, -0.25) is 4.72 Å². The Labute approximate surface area is 163 Å². The van der Waals surface area contributed by atoms with E-state index in [1.165, 1.54) is 16.9 Å². The van der Waals surface area contributed by atoms with Crippen LogP contribution >= 0.6 is 11.5 Å². The second-order valence-corrected chi connectivity index (χ2v) is 7.59. The van der Waals surface area contributed by atoms with E-state index in [1.807, 2.05) is 0 Å². The summed E-state index contributed by atoms with van der Waals surface area (Å²) in [6, 6.07) is 6.84. The van der Waals surface area contributed by atoms with Crippen LogP contribution in [0.5, 0.6) is 0 Å². The van der Waals surface area contributed by atoms with Crippen LogP contribution in [0.1, 0.15) is 19.7 Å². The Morgan fingerprint density at radius 3 is 2.57 bits per heavy atom. The quantitative estimate of drug-likeness (QED) is 0.416. The molecule has 2 rings (SSSR count). The number of hydrogen-bond donors (Lipinski definition) is 1. The van der Waals surface area contributed by atoms with Crippen LogP contribution in [0.15, 0.2) is 28.4 Å². The van der Waals surface area contributed by atoms with Gasteiger partial charge in [0, 0.05) is 24.1 Å². The van der Waals surface area contributed by atoms with Gasteiger partial charge in [-0.05, 0) is 39.0 Å². The van der Waals surface area contributed by atoms with Crippen molar-refractivity contribution in [2.24, 2.45) is 10.2 Å². The topological polar surface area (TPSA) is 99.9 Å². The molecule has 28 heavy (non-hydrogen) atoms. The third kappa shape index (κ3) is 5.17. The highest BCUT2D eigenvalue weighted by Crippen LogP contribution is 2.35. The first-order valence-electron chi connectivity index (χ1n) is 7.72. The lowest BCUT2D eigenvalue weighted by Gasteiger charge is -2.18. The van der Waals surface area contributed by atoms with E-state index < -0.39 is 21.2 Å². The number of azo groups is 1. The van der Waals surface area contributed by atoms with E-state index in [0.717, 1.165) is 11.5 Å². The Hall–Kier alpha value is -2.72. The molecule has 2 aromatic rings. The fourth-order valence-electron chi connectivity index (χ4n) is 1.95. The highest BCUT2D eigenvalue weighted by Gasteiger charge is 2.46. The molecule has 0 aliphatic carbocycles. The number of rotatable bonds is 6. The summed E-state index contributed by atoms with van der Waals surface area (Å²) in [5.74, 6) is 3.14. The maximum Gasteiger partial charge on any atom is 0.516 e. The Morgan fingerprint density at radius 1 is 1.32 bits per heavy atom. The minimum Gasteiger partial charge on any atom is -0.302 e. The largest absolute Gasteiger partial charge is 0.516 e. The number of aromatic nitrogens is 2. The van der Waals surface area contributed by atoms with Crippen molar-refractivity contribution in [3.8, 4) is 12.0 Å². The third-order valence-corrected chi connectivity index (χ3v) is 4.95. The first-order chi connectivity index (χ1) is 13.1. The summed E-state index contributed by atoms with van der Waals surface area (Å²) in [6.45, 7) is 5.45. The maximum atomic E-state index is 12.8. The third-order valence-electron chi connectivity index (χ3n) is 3.16. The van der Waals surface area contributed by atoms with Crippen LogP contribution in [0.2, 0.25) is 0 Å². The average molecular weight is 432 g/mol. The molecule has 1 N–H and O–H groups in total. The van der Waals surface area contributed by atoms with Crippen molar-refractivity contribution < 1.29 is 21.6 Å². The van der Waals surface area contributed by atoms with Gasteiger partial charge in [0.05, 0.1) is 11.4 Å². The molecule has 0 aliphatic heterocycles. The van der Waals surface area contributed by atoms with Crippen LogP contribution in [0.25, 0.3) is 0 Å². The van der Waals surface area contributed by atoms with Gasteiger partial charge in [0.25, 0.3) is 0 Å². The normalized spacial score (nSPS) is 11.9. The van der Waals surface area contributed by atoms with E-state index in [9.17, 15) is 21.6 Å². The number of nitrogens with zero attached hydrogens (tertiary/aromatic N) is 5. The molecule has 0 aliphatic rings. The van der Waals surface area contributed by atoms with Gasteiger partial charge in [0.1, 0.15) is 11.5 Å². The molecule has 0 spiro atoms. The lowest BCUT2D eigenvalue weighted by atomic mass is 10.2. The minimum absolute atomic E-state index is 0.120. The zero-order chi connectivity index (χ0) is 20.9. The molecule has 0 unspecified atom stereocenters. The highest BCUT2D eigenvalue weighted by atomic mass is 32.2. The Bertz CT molecular complexity index is 1040. The van der Waals surface area contributed by atoms with E-state index in [2.05, 4.69) is 31.6 Å². The predicted octanol–water partition coefficient (Wildman–Crippen LogP) is 4.33. The molecular formula is C15H15F3N6O2S2. The van der Waals surface area contributed by atoms with Crippen molar-refractivity contribution in [1.82, 2.24) is 9.36 Å². The summed E-state index contributed by atoms with van der Waals surface area (Å²) in [4.78, 5) is 5.50. The molecule has 0 fully saturated rings. The van der Waals surface area contributed by atoms with Gasteiger partial charge in [0.2, 0.25) is 5.13 Å². The molecule has 0 radical (unpaired) electrons. The van der Waals surface area contributed by atoms with Crippen LogP contribution in [-0.4, -0.2) is 29.8 Å². The number of benzene rings is 1. The highest BCUT2D eigenvalue weighted by molar-refractivity contribution is 7.93. The van der Waals surface area contributed by atoms with Crippen molar-refractivity contribution in [1.29, 1.82) is 0 Å². The van der Waals surface area contributed by atoms with Gasteiger partial charge in [-0.1, -0.05) is 5.92 Å². The first kappa shape index (κ1) is 21.6. The summed E-state index contributed by atoms with van der Waals surface area (Å²) in [6.07, 6.45) is 0. The first-order valence-corrected chi connectivity index (χ1v) is 9.98. The van der Waals surface area contributed by atoms with E-state index in [4.69, 9.17) is 0 Å². The van der Waals surface area contributed by atoms with E-state index in [-0.39, 0.29) is 10.8 Å². The van der Waals surface area contributed by atoms with Crippen molar-refractivity contribution in [3.05, 3.63) is 24.0 Å². The molecule has 0 amide bonds. The Kier molecular flexibility index (Phi) is 6.57. The van der Waals surface area contributed by atoms with Gasteiger partial charge in [-0.25, -0.2) is 4.98 Å². The lowest BCUT2D eigenvalue weighted by Crippen LogP contribution is -2.30. The summed E-state index contributed by atoms with van der Waals surface area (Å²) in [5.41, 5.74) is -5.61. The van der Waals surface area contributed by atoms with E-state index >= 15 is 0 Å². The zero-order valence-electron chi connectivity index (χ0n) is 14.9. The number of aryl methyl sites for hydroxylation is 1. The van der Waals surface area contributed by atoms with Crippen LogP contribution < -0.4 is 9.62 Å². The predicted molar refractivity (Wildman–Crippen MR) is 100 cm³/mol. The average Bonchev–Trinajstić information content (AvgIpc) is 3.02. The van der Waals surface area contributed by atoms with E-state index in [1.54, 1.807) is 31.7 Å². The second kappa shape index (κ2) is 8.53. The van der Waals surface area contributed by atoms with Crippen molar-refractivity contribution >= 4 is 43.7 Å². The fraction of sp³-hybridized carbons (Fsp3) is 0.333. The van der Waals surface area contributed by atoms with Gasteiger partial charge in [-0.15, -0.1) is 10.2 Å². The Balaban J connectivity index is 2.50. The number of nitrogens with one attached hydrogen (secondary N) is 1. The summed E-state index contributed by atoms with van der Waals surface area (Å²) in [7, 11) is -5.65. The number of alkyl halides is 3. The molecule has 1 aromatic carbocycles. The van der Waals surface area contributed by atoms with Crippen LogP contribution in [0.3, 0.4) is 0 Å². The smallest absolute Gasteiger partial charge is 0.302 e. The second-order valence-electron chi connectivity index (χ2n) is 5.18. The molecule has 1 aromatic heterocycles. The van der Waals surface area contributed by atoms with Crippen LogP contribution in [0.4, 0.5) is 35.4 Å². The van der Waals surface area contributed by atoms with Crippen molar-refractivity contribution in [3.63, 3.8) is 0 Å². The lowest BCUT2D eigenvalue weighted by molar-refractivity contribution is -0.0429. The number of hydrogen-bond acceptors (Lipinski definition) is 8. The fourth-order valence-corrected chi connectivity index (χ4v) is 3.02. The SMILES string of the molecule is CC#CN(CC)c1ccc(N=Nc2nc(C)ns2)c(NS(=O)(=O)C(F)(F)F)c1. The standard InChI is InChI=1S/C15H15F3N6O2S2/c1-4-8-24(5-2)11-6-7-12(20-21-14-19-10(3)22-27-14)13(9-11)23-28(25,26)15(16,17)18/h6-7,9,23H,5H2,1-3H3. The number of halogens is 3. The zero-order valence-corrected chi connectivity index (χ0v) is 16.6. The van der Waals surface area contributed by atoms with Crippen LogP contribution in [-0.2, 0) is 10.0 Å². The molecular weight excluding hydrogens is 417 g/mol. The van der Waals surface area contributed by atoms with Crippen LogP contribution in [0, 0.1) is 18.9 Å². The summed E-state index contributed by atoms with van der Waals surface area (Å²) >= 11 is 0.944. The number of anilines is 2. The van der Waals surface area contributed by atoms with Crippen molar-refractivity contribution in [2.75, 3.05) is 16.2 Å². The molecule has 0 saturated carbocycles.